The van der Waals surface area contributed by atoms with Gasteiger partial charge >= 0.3 is 0 Å². The third kappa shape index (κ3) is 1.50. The summed E-state index contributed by atoms with van der Waals surface area (Å²) in [6.45, 7) is 2.61. The molecule has 5 heteroatoms. The third-order valence-electron chi connectivity index (χ3n) is 4.19. The Morgan fingerprint density at radius 1 is 1.33 bits per heavy atom. The number of benzene rings is 1. The predicted molar refractivity (Wildman–Crippen MR) is 76.8 cm³/mol. The minimum absolute atomic E-state index is 0. The zero-order valence-corrected chi connectivity index (χ0v) is 11.7. The SMILES string of the molecule is Br.O=C1CN2c3c(cccc3[C@H]3CNCC[C@H]32)N1. The van der Waals surface area contributed by atoms with Crippen molar-refractivity contribution in [3.05, 3.63) is 23.8 Å². The van der Waals surface area contributed by atoms with Crippen LogP contribution in [0.25, 0.3) is 0 Å². The van der Waals surface area contributed by atoms with Crippen molar-refractivity contribution in [3.8, 4) is 0 Å². The molecule has 3 aliphatic heterocycles. The summed E-state index contributed by atoms with van der Waals surface area (Å²) in [7, 11) is 0. The topological polar surface area (TPSA) is 44.4 Å². The molecule has 3 aliphatic rings. The highest BCUT2D eigenvalue weighted by atomic mass is 79.9. The third-order valence-corrected chi connectivity index (χ3v) is 4.19. The fourth-order valence-corrected chi connectivity index (χ4v) is 3.52. The van der Waals surface area contributed by atoms with Crippen molar-refractivity contribution in [2.75, 3.05) is 29.9 Å². The minimum atomic E-state index is 0. The van der Waals surface area contributed by atoms with Gasteiger partial charge < -0.3 is 15.5 Å². The van der Waals surface area contributed by atoms with Crippen LogP contribution in [0.15, 0.2) is 18.2 Å². The summed E-state index contributed by atoms with van der Waals surface area (Å²) in [5.74, 6) is 0.667. The first-order valence-electron chi connectivity index (χ1n) is 6.25. The Bertz CT molecular complexity index is 505. The fourth-order valence-electron chi connectivity index (χ4n) is 3.52. The van der Waals surface area contributed by atoms with Gasteiger partial charge in [-0.3, -0.25) is 4.79 Å². The van der Waals surface area contributed by atoms with Crippen LogP contribution < -0.4 is 15.5 Å². The zero-order chi connectivity index (χ0) is 11.4. The molecule has 0 aromatic heterocycles. The number of hydrogen-bond donors (Lipinski definition) is 2. The molecular formula is C13H16BrN3O. The lowest BCUT2D eigenvalue weighted by molar-refractivity contribution is -0.115. The van der Waals surface area contributed by atoms with E-state index < -0.39 is 0 Å². The summed E-state index contributed by atoms with van der Waals surface area (Å²) < 4.78 is 0. The van der Waals surface area contributed by atoms with E-state index in [1.165, 1.54) is 11.3 Å². The molecule has 1 fully saturated rings. The number of nitrogens with one attached hydrogen (secondary N) is 2. The number of fused-ring (bicyclic) bond motifs is 3. The van der Waals surface area contributed by atoms with E-state index in [4.69, 9.17) is 0 Å². The van der Waals surface area contributed by atoms with Gasteiger partial charge in [-0.1, -0.05) is 12.1 Å². The number of anilines is 2. The van der Waals surface area contributed by atoms with Gasteiger partial charge in [0.25, 0.3) is 0 Å². The molecular weight excluding hydrogens is 294 g/mol. The minimum Gasteiger partial charge on any atom is -0.357 e. The summed E-state index contributed by atoms with van der Waals surface area (Å²) in [6, 6.07) is 6.78. The van der Waals surface area contributed by atoms with E-state index in [1.54, 1.807) is 0 Å². The fraction of sp³-hybridized carbons (Fsp3) is 0.462. The van der Waals surface area contributed by atoms with Crippen molar-refractivity contribution in [1.82, 2.24) is 5.32 Å². The summed E-state index contributed by atoms with van der Waals surface area (Å²) in [4.78, 5) is 14.0. The molecule has 4 nitrogen and oxygen atoms in total. The van der Waals surface area contributed by atoms with Gasteiger partial charge in [-0.05, 0) is 24.6 Å². The van der Waals surface area contributed by atoms with Crippen LogP contribution in [0.3, 0.4) is 0 Å². The van der Waals surface area contributed by atoms with Crippen molar-refractivity contribution >= 4 is 34.3 Å². The Morgan fingerprint density at radius 2 is 2.22 bits per heavy atom. The van der Waals surface area contributed by atoms with Crippen molar-refractivity contribution in [2.24, 2.45) is 0 Å². The molecule has 0 unspecified atom stereocenters. The van der Waals surface area contributed by atoms with Crippen LogP contribution in [0.2, 0.25) is 0 Å². The number of amides is 1. The second-order valence-electron chi connectivity index (χ2n) is 5.09. The van der Waals surface area contributed by atoms with Crippen LogP contribution in [0.4, 0.5) is 11.4 Å². The van der Waals surface area contributed by atoms with Gasteiger partial charge in [0.05, 0.1) is 17.9 Å². The lowest BCUT2D eigenvalue weighted by Gasteiger charge is -2.35. The van der Waals surface area contributed by atoms with Crippen molar-refractivity contribution < 1.29 is 4.79 Å². The van der Waals surface area contributed by atoms with E-state index in [-0.39, 0.29) is 22.9 Å². The summed E-state index contributed by atoms with van der Waals surface area (Å²) >= 11 is 0. The van der Waals surface area contributed by atoms with Gasteiger partial charge in [0.1, 0.15) is 0 Å². The molecule has 2 atom stereocenters. The number of rotatable bonds is 0. The van der Waals surface area contributed by atoms with E-state index in [0.29, 0.717) is 18.5 Å². The van der Waals surface area contributed by atoms with Gasteiger partial charge in [0.15, 0.2) is 0 Å². The molecule has 1 aromatic carbocycles. The lowest BCUT2D eigenvalue weighted by atomic mass is 9.90. The van der Waals surface area contributed by atoms with Gasteiger partial charge in [0, 0.05) is 18.5 Å². The number of piperidine rings is 1. The van der Waals surface area contributed by atoms with Gasteiger partial charge in [-0.2, -0.15) is 0 Å². The number of carbonyl (C=O) groups is 1. The first-order valence-corrected chi connectivity index (χ1v) is 6.25. The Hall–Kier alpha value is -1.07. The van der Waals surface area contributed by atoms with E-state index in [2.05, 4.69) is 27.7 Å². The summed E-state index contributed by atoms with van der Waals surface area (Å²) in [6.07, 6.45) is 1.13. The van der Waals surface area contributed by atoms with Crippen molar-refractivity contribution in [2.45, 2.75) is 18.4 Å². The largest absolute Gasteiger partial charge is 0.357 e. The van der Waals surface area contributed by atoms with Gasteiger partial charge in [0.2, 0.25) is 5.91 Å². The molecule has 3 heterocycles. The maximum absolute atomic E-state index is 11.7. The molecule has 0 saturated carbocycles. The smallest absolute Gasteiger partial charge is 0.243 e. The Balaban J connectivity index is 0.000001000. The second kappa shape index (κ2) is 4.24. The van der Waals surface area contributed by atoms with Crippen LogP contribution in [0.5, 0.6) is 0 Å². The Morgan fingerprint density at radius 3 is 3.11 bits per heavy atom. The number of nitrogens with zero attached hydrogens (tertiary/aromatic N) is 1. The maximum atomic E-state index is 11.7. The molecule has 18 heavy (non-hydrogen) atoms. The molecule has 4 rings (SSSR count). The van der Waals surface area contributed by atoms with Gasteiger partial charge in [-0.15, -0.1) is 17.0 Å². The highest BCUT2D eigenvalue weighted by Gasteiger charge is 2.43. The highest BCUT2D eigenvalue weighted by Crippen LogP contribution is 2.48. The molecule has 0 bridgehead atoms. The molecule has 2 N–H and O–H groups in total. The van der Waals surface area contributed by atoms with Crippen LogP contribution in [0.1, 0.15) is 17.9 Å². The first kappa shape index (κ1) is 12.0. The van der Waals surface area contributed by atoms with Crippen LogP contribution in [0, 0.1) is 0 Å². The van der Waals surface area contributed by atoms with E-state index in [1.807, 2.05) is 6.07 Å². The van der Waals surface area contributed by atoms with E-state index >= 15 is 0 Å². The molecule has 1 aromatic rings. The standard InChI is InChI=1S/C13H15N3O.BrH/c17-12-7-16-11-4-5-14-6-9(11)8-2-1-3-10(15-12)13(8)16;/h1-3,9,11,14H,4-7H2,(H,15,17);1H/t9-,11-;/m1./s1. The quantitative estimate of drug-likeness (QED) is 0.763. The van der Waals surface area contributed by atoms with Gasteiger partial charge in [-0.25, -0.2) is 0 Å². The number of carbonyl (C=O) groups excluding carboxylic acids is 1. The second-order valence-corrected chi connectivity index (χ2v) is 5.09. The molecule has 0 aliphatic carbocycles. The molecule has 0 radical (unpaired) electrons. The van der Waals surface area contributed by atoms with Crippen molar-refractivity contribution in [1.29, 1.82) is 0 Å². The van der Waals surface area contributed by atoms with Crippen LogP contribution in [-0.2, 0) is 4.79 Å². The zero-order valence-electron chi connectivity index (χ0n) is 9.98. The average molecular weight is 310 g/mol. The number of para-hydroxylation sites is 1. The lowest BCUT2D eigenvalue weighted by Crippen LogP contribution is -2.48. The first-order chi connectivity index (χ1) is 8.34. The predicted octanol–water partition coefficient (Wildman–Crippen LogP) is 1.48. The highest BCUT2D eigenvalue weighted by molar-refractivity contribution is 8.93. The van der Waals surface area contributed by atoms with Crippen molar-refractivity contribution in [3.63, 3.8) is 0 Å². The molecule has 1 amide bonds. The summed E-state index contributed by atoms with van der Waals surface area (Å²) in [5, 5.41) is 6.44. The van der Waals surface area contributed by atoms with E-state index in [9.17, 15) is 4.79 Å². The normalized spacial score (nSPS) is 28.0. The van der Waals surface area contributed by atoms with Crippen LogP contribution >= 0.6 is 17.0 Å². The molecule has 1 saturated heterocycles. The number of hydrogen-bond acceptors (Lipinski definition) is 3. The Kier molecular flexibility index (Phi) is 2.83. The van der Waals surface area contributed by atoms with E-state index in [0.717, 1.165) is 25.2 Å². The summed E-state index contributed by atoms with van der Waals surface area (Å²) in [5.41, 5.74) is 3.67. The Labute approximate surface area is 117 Å². The monoisotopic (exact) mass is 309 g/mol. The van der Waals surface area contributed by atoms with Crippen LogP contribution in [-0.4, -0.2) is 31.6 Å². The molecule has 0 spiro atoms. The maximum Gasteiger partial charge on any atom is 0.243 e. The molecule has 96 valence electrons. The number of halogens is 1. The average Bonchev–Trinajstić information content (AvgIpc) is 2.67.